The van der Waals surface area contributed by atoms with Gasteiger partial charge in [0.25, 0.3) is 0 Å². The van der Waals surface area contributed by atoms with Crippen LogP contribution in [0.5, 0.6) is 0 Å². The monoisotopic (exact) mass is 295 g/mol. The van der Waals surface area contributed by atoms with Crippen molar-refractivity contribution in [1.29, 1.82) is 0 Å². The molecule has 0 aliphatic carbocycles. The summed E-state index contributed by atoms with van der Waals surface area (Å²) >= 11 is 5.80. The molecule has 1 amide bonds. The zero-order valence-electron chi connectivity index (χ0n) is 10.7. The number of carbonyl (C=O) groups is 1. The Hall–Kier alpha value is -1.86. The number of morpholine rings is 1. The number of hydrogen-bond acceptors (Lipinski definition) is 4. The quantitative estimate of drug-likeness (QED) is 0.911. The Morgan fingerprint density at radius 3 is 3.20 bits per heavy atom. The van der Waals surface area contributed by atoms with Gasteiger partial charge < -0.3 is 9.64 Å². The minimum atomic E-state index is -0.134. The van der Waals surface area contributed by atoms with Gasteiger partial charge in [-0.25, -0.2) is 0 Å². The highest BCUT2D eigenvalue weighted by molar-refractivity contribution is 6.30. The number of ether oxygens (including phenoxy) is 1. The highest BCUT2D eigenvalue weighted by Gasteiger charge is 2.29. The van der Waals surface area contributed by atoms with Crippen LogP contribution in [0.2, 0.25) is 5.02 Å². The van der Waals surface area contributed by atoms with Crippen LogP contribution in [0.4, 0.5) is 0 Å². The molecule has 0 bridgehead atoms. The average Bonchev–Trinajstić information content (AvgIpc) is 3.10. The Kier molecular flexibility index (Phi) is 3.70. The first kappa shape index (κ1) is 13.1. The number of aromatic nitrogens is 4. The van der Waals surface area contributed by atoms with E-state index in [4.69, 9.17) is 16.3 Å². The van der Waals surface area contributed by atoms with Gasteiger partial charge in [0.05, 0.1) is 36.2 Å². The Morgan fingerprint density at radius 2 is 2.50 bits per heavy atom. The fourth-order valence-corrected chi connectivity index (χ4v) is 2.42. The van der Waals surface area contributed by atoms with Gasteiger partial charge in [0, 0.05) is 18.9 Å². The largest absolute Gasteiger partial charge is 0.377 e. The molecule has 20 heavy (non-hydrogen) atoms. The van der Waals surface area contributed by atoms with Crippen LogP contribution in [0.3, 0.4) is 0 Å². The standard InChI is InChI=1S/C12H14ClN5O2/c13-9-5-15-17(6-9)7-12(19)18-3-4-20-8-11(18)10-1-2-14-16-10/h1-2,5-6,11H,3-4,7-8H2,(H,14,16)/t11-/m0/s1. The zero-order chi connectivity index (χ0) is 13.9. The fourth-order valence-electron chi connectivity index (χ4n) is 2.27. The van der Waals surface area contributed by atoms with Crippen molar-refractivity contribution >= 4 is 17.5 Å². The summed E-state index contributed by atoms with van der Waals surface area (Å²) in [6.07, 6.45) is 4.81. The maximum atomic E-state index is 12.4. The third kappa shape index (κ3) is 2.68. The number of nitrogens with one attached hydrogen (secondary N) is 1. The molecule has 1 N–H and O–H groups in total. The molecule has 1 fully saturated rings. The normalized spacial score (nSPS) is 19.2. The molecule has 3 rings (SSSR count). The van der Waals surface area contributed by atoms with Gasteiger partial charge in [0.15, 0.2) is 0 Å². The minimum absolute atomic E-state index is 0.0207. The van der Waals surface area contributed by atoms with Crippen LogP contribution in [-0.4, -0.2) is 50.5 Å². The summed E-state index contributed by atoms with van der Waals surface area (Å²) in [5.74, 6) is -0.0207. The van der Waals surface area contributed by atoms with E-state index in [0.29, 0.717) is 24.8 Å². The van der Waals surface area contributed by atoms with Gasteiger partial charge in [0.1, 0.15) is 6.54 Å². The maximum absolute atomic E-state index is 12.4. The van der Waals surface area contributed by atoms with Crippen LogP contribution >= 0.6 is 11.6 Å². The maximum Gasteiger partial charge on any atom is 0.245 e. The predicted molar refractivity (Wildman–Crippen MR) is 71.1 cm³/mol. The molecule has 2 aromatic rings. The predicted octanol–water partition coefficient (Wildman–Crippen LogP) is 0.860. The molecule has 3 heterocycles. The lowest BCUT2D eigenvalue weighted by Gasteiger charge is -2.34. The second-order valence-electron chi connectivity index (χ2n) is 4.55. The van der Waals surface area contributed by atoms with Gasteiger partial charge in [-0.15, -0.1) is 0 Å². The Balaban J connectivity index is 1.74. The number of hydrogen-bond donors (Lipinski definition) is 1. The number of carbonyl (C=O) groups excluding carboxylic acids is 1. The lowest BCUT2D eigenvalue weighted by Crippen LogP contribution is -2.45. The molecule has 2 aromatic heterocycles. The number of nitrogens with zero attached hydrogens (tertiary/aromatic N) is 4. The van der Waals surface area contributed by atoms with Gasteiger partial charge in [-0.2, -0.15) is 10.2 Å². The van der Waals surface area contributed by atoms with E-state index in [2.05, 4.69) is 15.3 Å². The third-order valence-electron chi connectivity index (χ3n) is 3.23. The Morgan fingerprint density at radius 1 is 1.60 bits per heavy atom. The van der Waals surface area contributed by atoms with E-state index in [1.165, 1.54) is 10.9 Å². The van der Waals surface area contributed by atoms with Crippen molar-refractivity contribution in [3.8, 4) is 0 Å². The van der Waals surface area contributed by atoms with E-state index < -0.39 is 0 Å². The molecule has 8 heteroatoms. The van der Waals surface area contributed by atoms with E-state index in [0.717, 1.165) is 5.69 Å². The lowest BCUT2D eigenvalue weighted by atomic mass is 10.1. The van der Waals surface area contributed by atoms with Crippen molar-refractivity contribution in [2.24, 2.45) is 0 Å². The molecule has 106 valence electrons. The molecular weight excluding hydrogens is 282 g/mol. The molecule has 0 spiro atoms. The van der Waals surface area contributed by atoms with Crippen LogP contribution in [0.15, 0.2) is 24.7 Å². The molecule has 0 saturated carbocycles. The van der Waals surface area contributed by atoms with E-state index >= 15 is 0 Å². The average molecular weight is 296 g/mol. The molecule has 0 unspecified atom stereocenters. The van der Waals surface area contributed by atoms with E-state index in [1.54, 1.807) is 17.3 Å². The Bertz CT molecular complexity index is 582. The third-order valence-corrected chi connectivity index (χ3v) is 3.42. The highest BCUT2D eigenvalue weighted by atomic mass is 35.5. The first-order valence-electron chi connectivity index (χ1n) is 6.28. The summed E-state index contributed by atoms with van der Waals surface area (Å²) in [6, 6.07) is 1.72. The van der Waals surface area contributed by atoms with Crippen LogP contribution in [0.25, 0.3) is 0 Å². The van der Waals surface area contributed by atoms with Gasteiger partial charge >= 0.3 is 0 Å². The summed E-state index contributed by atoms with van der Waals surface area (Å²) in [4.78, 5) is 14.2. The van der Waals surface area contributed by atoms with Gasteiger partial charge in [-0.05, 0) is 6.07 Å². The minimum Gasteiger partial charge on any atom is -0.377 e. The van der Waals surface area contributed by atoms with Crippen LogP contribution in [0, 0.1) is 0 Å². The van der Waals surface area contributed by atoms with E-state index in [1.807, 2.05) is 6.07 Å². The zero-order valence-corrected chi connectivity index (χ0v) is 11.5. The van der Waals surface area contributed by atoms with Crippen LogP contribution in [-0.2, 0) is 16.1 Å². The molecule has 1 atom stereocenters. The summed E-state index contributed by atoms with van der Waals surface area (Å²) in [5.41, 5.74) is 0.872. The summed E-state index contributed by atoms with van der Waals surface area (Å²) < 4.78 is 6.99. The lowest BCUT2D eigenvalue weighted by molar-refractivity contribution is -0.141. The molecule has 7 nitrogen and oxygen atoms in total. The highest BCUT2D eigenvalue weighted by Crippen LogP contribution is 2.22. The van der Waals surface area contributed by atoms with E-state index in [9.17, 15) is 4.79 Å². The first-order valence-corrected chi connectivity index (χ1v) is 6.66. The van der Waals surface area contributed by atoms with Crippen molar-refractivity contribution in [3.05, 3.63) is 35.4 Å². The smallest absolute Gasteiger partial charge is 0.245 e. The number of halogens is 1. The molecule has 0 radical (unpaired) electrons. The topological polar surface area (TPSA) is 76.0 Å². The van der Waals surface area contributed by atoms with Crippen molar-refractivity contribution < 1.29 is 9.53 Å². The Labute approximate surface area is 120 Å². The van der Waals surface area contributed by atoms with Crippen molar-refractivity contribution in [2.75, 3.05) is 19.8 Å². The second-order valence-corrected chi connectivity index (χ2v) is 4.98. The number of H-pyrrole nitrogens is 1. The summed E-state index contributed by atoms with van der Waals surface area (Å²) in [6.45, 7) is 1.72. The number of amides is 1. The van der Waals surface area contributed by atoms with Crippen LogP contribution in [0.1, 0.15) is 11.7 Å². The number of rotatable bonds is 3. The van der Waals surface area contributed by atoms with Crippen molar-refractivity contribution in [2.45, 2.75) is 12.6 Å². The molecule has 1 aliphatic heterocycles. The molecular formula is C12H14ClN5O2. The second kappa shape index (κ2) is 5.64. The van der Waals surface area contributed by atoms with Crippen molar-refractivity contribution in [3.63, 3.8) is 0 Å². The molecule has 1 saturated heterocycles. The van der Waals surface area contributed by atoms with E-state index in [-0.39, 0.29) is 18.5 Å². The van der Waals surface area contributed by atoms with Crippen molar-refractivity contribution in [1.82, 2.24) is 24.9 Å². The first-order chi connectivity index (χ1) is 9.74. The van der Waals surface area contributed by atoms with Gasteiger partial charge in [-0.3, -0.25) is 14.6 Å². The number of aromatic amines is 1. The van der Waals surface area contributed by atoms with Crippen LogP contribution < -0.4 is 0 Å². The molecule has 1 aliphatic rings. The fraction of sp³-hybridized carbons (Fsp3) is 0.417. The molecule has 0 aromatic carbocycles. The SMILES string of the molecule is O=C(Cn1cc(Cl)cn1)N1CCOC[C@H]1c1ccn[nH]1. The van der Waals surface area contributed by atoms with Gasteiger partial charge in [0.2, 0.25) is 5.91 Å². The van der Waals surface area contributed by atoms with Gasteiger partial charge in [-0.1, -0.05) is 11.6 Å². The summed E-state index contributed by atoms with van der Waals surface area (Å²) in [5, 5.41) is 11.4. The summed E-state index contributed by atoms with van der Waals surface area (Å²) in [7, 11) is 0.